The van der Waals surface area contributed by atoms with Crippen molar-refractivity contribution in [2.75, 3.05) is 23.2 Å². The average molecular weight is 710 g/mol. The second-order valence-electron chi connectivity index (χ2n) is 12.5. The monoisotopic (exact) mass is 709 g/mol. The van der Waals surface area contributed by atoms with Gasteiger partial charge < -0.3 is 9.72 Å². The Morgan fingerprint density at radius 1 is 0.780 bits per heavy atom. The normalized spacial score (nSPS) is 23.8. The number of thiazole rings is 1. The minimum absolute atomic E-state index is 0.365. The van der Waals surface area contributed by atoms with Crippen molar-refractivity contribution < 1.29 is 4.74 Å². The van der Waals surface area contributed by atoms with Crippen molar-refractivity contribution >= 4 is 66.7 Å². The maximum atomic E-state index is 6.80. The SMILES string of the molecule is c1ccc(N2N(c3cccs3)C(C3NCCO3)C(c3nccs3)(c3cccc4ccccc34)C2(c2ccsn2)c2cc3ccccc3[nH]2)nc1. The molecule has 246 valence electrons. The summed E-state index contributed by atoms with van der Waals surface area (Å²) in [4.78, 5) is 14.4. The highest BCUT2D eigenvalue weighted by atomic mass is 32.1. The van der Waals surface area contributed by atoms with E-state index in [1.165, 1.54) is 11.5 Å². The average Bonchev–Trinajstić information content (AvgIpc) is 4.02. The number of aromatic nitrogens is 4. The van der Waals surface area contributed by atoms with Crippen LogP contribution in [0.25, 0.3) is 21.7 Å². The highest BCUT2D eigenvalue weighted by molar-refractivity contribution is 7.14. The lowest BCUT2D eigenvalue weighted by atomic mass is 9.58. The molecule has 2 saturated heterocycles. The summed E-state index contributed by atoms with van der Waals surface area (Å²) >= 11 is 4.85. The van der Waals surface area contributed by atoms with E-state index in [2.05, 4.69) is 140 Å². The van der Waals surface area contributed by atoms with E-state index >= 15 is 0 Å². The molecule has 8 nitrogen and oxygen atoms in total. The van der Waals surface area contributed by atoms with Gasteiger partial charge in [0, 0.05) is 35.2 Å². The molecular weight excluding hydrogens is 679 g/mol. The smallest absolute Gasteiger partial charge is 0.164 e. The zero-order valence-electron chi connectivity index (χ0n) is 26.7. The van der Waals surface area contributed by atoms with Crippen LogP contribution in [0.1, 0.15) is 22.0 Å². The summed E-state index contributed by atoms with van der Waals surface area (Å²) < 4.78 is 12.1. The molecule has 3 aromatic carbocycles. The van der Waals surface area contributed by atoms with Crippen LogP contribution in [0.15, 0.2) is 138 Å². The molecule has 0 aliphatic carbocycles. The summed E-state index contributed by atoms with van der Waals surface area (Å²) in [7, 11) is 0. The predicted octanol–water partition coefficient (Wildman–Crippen LogP) is 8.18. The van der Waals surface area contributed by atoms with E-state index in [0.717, 1.165) is 61.0 Å². The molecule has 10 rings (SSSR count). The van der Waals surface area contributed by atoms with Gasteiger partial charge in [0.2, 0.25) is 0 Å². The summed E-state index contributed by atoms with van der Waals surface area (Å²) in [6, 6.07) is 38.4. The maximum absolute atomic E-state index is 6.80. The number of pyridine rings is 1. The van der Waals surface area contributed by atoms with Crippen LogP contribution in [-0.2, 0) is 15.7 Å². The molecule has 2 aliphatic heterocycles. The van der Waals surface area contributed by atoms with Gasteiger partial charge in [0.1, 0.15) is 33.5 Å². The Bertz CT molecular complexity index is 2350. The largest absolute Gasteiger partial charge is 0.360 e. The fraction of sp³-hybridized carbons (Fsp3) is 0.154. The number of nitrogens with one attached hydrogen (secondary N) is 2. The van der Waals surface area contributed by atoms with Gasteiger partial charge >= 0.3 is 0 Å². The molecule has 2 fully saturated rings. The number of ether oxygens (including phenoxy) is 1. The second kappa shape index (κ2) is 11.9. The first kappa shape index (κ1) is 30.0. The van der Waals surface area contributed by atoms with Crippen LogP contribution in [0.5, 0.6) is 0 Å². The molecule has 4 unspecified atom stereocenters. The molecule has 0 amide bonds. The molecule has 0 saturated carbocycles. The van der Waals surface area contributed by atoms with Gasteiger partial charge in [-0.3, -0.25) is 10.3 Å². The summed E-state index contributed by atoms with van der Waals surface area (Å²) in [6.45, 7) is 1.34. The Balaban J connectivity index is 1.49. The van der Waals surface area contributed by atoms with Crippen LogP contribution >= 0.6 is 34.2 Å². The predicted molar refractivity (Wildman–Crippen MR) is 203 cm³/mol. The van der Waals surface area contributed by atoms with Crippen LogP contribution in [0.2, 0.25) is 0 Å². The van der Waals surface area contributed by atoms with Gasteiger partial charge in [-0.25, -0.2) is 15.0 Å². The number of nitrogens with zero attached hydrogens (tertiary/aromatic N) is 5. The first-order chi connectivity index (χ1) is 24.8. The summed E-state index contributed by atoms with van der Waals surface area (Å²) in [6.07, 6.45) is 3.43. The molecule has 2 N–H and O–H groups in total. The first-order valence-corrected chi connectivity index (χ1v) is 19.2. The fourth-order valence-electron chi connectivity index (χ4n) is 8.43. The number of fused-ring (bicyclic) bond motifs is 2. The van der Waals surface area contributed by atoms with Crippen LogP contribution in [0.4, 0.5) is 10.8 Å². The lowest BCUT2D eigenvalue weighted by molar-refractivity contribution is 0.0606. The first-order valence-electron chi connectivity index (χ1n) is 16.6. The van der Waals surface area contributed by atoms with Crippen LogP contribution < -0.4 is 15.3 Å². The van der Waals surface area contributed by atoms with E-state index in [1.54, 1.807) is 22.7 Å². The van der Waals surface area contributed by atoms with Crippen molar-refractivity contribution in [2.45, 2.75) is 23.2 Å². The third-order valence-corrected chi connectivity index (χ3v) is 12.5. The number of hydrogen-bond donors (Lipinski definition) is 2. The molecule has 8 aromatic rings. The molecule has 4 atom stereocenters. The molecular formula is C39H31N7OS3. The van der Waals surface area contributed by atoms with E-state index in [-0.39, 0.29) is 12.3 Å². The number of thiophene rings is 1. The van der Waals surface area contributed by atoms with Crippen LogP contribution in [0, 0.1) is 0 Å². The van der Waals surface area contributed by atoms with Crippen molar-refractivity contribution in [1.29, 1.82) is 0 Å². The van der Waals surface area contributed by atoms with E-state index in [1.807, 2.05) is 18.5 Å². The Labute approximate surface area is 300 Å². The van der Waals surface area contributed by atoms with Crippen LogP contribution in [-0.4, -0.2) is 44.7 Å². The molecule has 11 heteroatoms. The number of anilines is 2. The Morgan fingerprint density at radius 3 is 2.42 bits per heavy atom. The fourth-order valence-corrected chi connectivity index (χ4v) is 10.7. The number of rotatable bonds is 7. The van der Waals surface area contributed by atoms with Gasteiger partial charge in [0.15, 0.2) is 5.54 Å². The summed E-state index contributed by atoms with van der Waals surface area (Å²) in [5, 5.41) is 20.4. The number of aromatic amines is 1. The van der Waals surface area contributed by atoms with E-state index in [0.29, 0.717) is 6.61 Å². The van der Waals surface area contributed by atoms with Gasteiger partial charge in [0.25, 0.3) is 0 Å². The molecule has 2 aliphatic rings. The van der Waals surface area contributed by atoms with E-state index in [9.17, 15) is 0 Å². The summed E-state index contributed by atoms with van der Waals surface area (Å²) in [5.41, 5.74) is 2.06. The minimum Gasteiger partial charge on any atom is -0.360 e. The number of hydrazine groups is 1. The van der Waals surface area contributed by atoms with Crippen molar-refractivity contribution in [3.05, 3.63) is 160 Å². The third kappa shape index (κ3) is 4.12. The van der Waals surface area contributed by atoms with Gasteiger partial charge in [-0.15, -0.1) is 22.7 Å². The molecule has 0 bridgehead atoms. The lowest BCUT2D eigenvalue weighted by Gasteiger charge is -2.48. The van der Waals surface area contributed by atoms with Crippen molar-refractivity contribution in [2.24, 2.45) is 0 Å². The zero-order chi connectivity index (χ0) is 33.1. The highest BCUT2D eigenvalue weighted by Crippen LogP contribution is 2.66. The molecule has 0 radical (unpaired) electrons. The number of H-pyrrole nitrogens is 1. The topological polar surface area (TPSA) is 82.2 Å². The van der Waals surface area contributed by atoms with Crippen molar-refractivity contribution in [3.63, 3.8) is 0 Å². The zero-order valence-corrected chi connectivity index (χ0v) is 29.2. The van der Waals surface area contributed by atoms with Gasteiger partial charge in [-0.1, -0.05) is 66.7 Å². The van der Waals surface area contributed by atoms with Crippen LogP contribution in [0.3, 0.4) is 0 Å². The number of benzene rings is 3. The lowest BCUT2D eigenvalue weighted by Crippen LogP contribution is -2.61. The molecule has 7 heterocycles. The van der Waals surface area contributed by atoms with E-state index in [4.69, 9.17) is 19.1 Å². The quantitative estimate of drug-likeness (QED) is 0.173. The minimum atomic E-state index is -1.06. The molecule has 5 aromatic heterocycles. The molecule has 0 spiro atoms. The maximum Gasteiger partial charge on any atom is 0.164 e. The summed E-state index contributed by atoms with van der Waals surface area (Å²) in [5.74, 6) is 0.786. The Morgan fingerprint density at radius 2 is 1.66 bits per heavy atom. The standard InChI is InChI=1S/C39H31N7OS3/c1-3-12-28-26(9-1)11-7-13-29(28)38(37-42-20-24-49-37)35(36-41-19-21-47-36)45(34-16-8-22-48-34)46(33-15-5-6-18-40-33)39(38,31-17-23-50-44-31)32-25-27-10-2-4-14-30(27)43-32/h1-18,20,22-25,35-36,41,43H,19,21H2. The van der Waals surface area contributed by atoms with Gasteiger partial charge in [-0.2, -0.15) is 4.37 Å². The Hall–Kier alpha value is -4.91. The number of para-hydroxylation sites is 1. The highest BCUT2D eigenvalue weighted by Gasteiger charge is 2.76. The van der Waals surface area contributed by atoms with Gasteiger partial charge in [-0.05, 0) is 81.1 Å². The number of hydrogen-bond acceptors (Lipinski definition) is 10. The molecule has 50 heavy (non-hydrogen) atoms. The van der Waals surface area contributed by atoms with E-state index < -0.39 is 11.0 Å². The Kier molecular flexibility index (Phi) is 7.10. The van der Waals surface area contributed by atoms with Gasteiger partial charge in [0.05, 0.1) is 18.0 Å². The van der Waals surface area contributed by atoms with Crippen molar-refractivity contribution in [1.82, 2.24) is 24.6 Å². The second-order valence-corrected chi connectivity index (χ2v) is 15.0. The third-order valence-electron chi connectivity index (χ3n) is 10.2. The van der Waals surface area contributed by atoms with Crippen molar-refractivity contribution in [3.8, 4) is 0 Å².